The highest BCUT2D eigenvalue weighted by molar-refractivity contribution is 7.89. The standard InChI is InChI=1S/C23H24F3NO2SSi/c1-17-9-15-20(16-10-17)30(28,29)27-22(31(2,3)21-7-5-4-6-8-21)18-11-13-19(14-12-18)23(24,25)26/h4-16,22,27H,1-3H3/t22-/m1/s1. The van der Waals surface area contributed by atoms with Crippen LogP contribution in [0.5, 0.6) is 0 Å². The van der Waals surface area contributed by atoms with E-state index in [1.54, 1.807) is 12.1 Å². The van der Waals surface area contributed by atoms with Crippen LogP contribution >= 0.6 is 0 Å². The van der Waals surface area contributed by atoms with Crippen molar-refractivity contribution in [3.63, 3.8) is 0 Å². The molecule has 1 atom stereocenters. The number of alkyl halides is 3. The molecule has 0 saturated carbocycles. The Morgan fingerprint density at radius 3 is 1.90 bits per heavy atom. The summed E-state index contributed by atoms with van der Waals surface area (Å²) in [7, 11) is -6.43. The van der Waals surface area contributed by atoms with Gasteiger partial charge in [0, 0.05) is 5.67 Å². The molecular weight excluding hydrogens is 439 g/mol. The highest BCUT2D eigenvalue weighted by Crippen LogP contribution is 2.32. The van der Waals surface area contributed by atoms with E-state index in [9.17, 15) is 21.6 Å². The van der Waals surface area contributed by atoms with Crippen molar-refractivity contribution in [1.82, 2.24) is 4.72 Å². The number of benzene rings is 3. The fourth-order valence-electron chi connectivity index (χ4n) is 3.47. The predicted molar refractivity (Wildman–Crippen MR) is 119 cm³/mol. The lowest BCUT2D eigenvalue weighted by molar-refractivity contribution is -0.137. The molecule has 3 aromatic rings. The molecule has 0 heterocycles. The average molecular weight is 464 g/mol. The molecule has 0 unspecified atom stereocenters. The van der Waals surface area contributed by atoms with Gasteiger partial charge in [0.05, 0.1) is 10.5 Å². The molecule has 0 amide bonds. The molecule has 0 saturated heterocycles. The SMILES string of the molecule is Cc1ccc(S(=O)(=O)N[C@@H](c2ccc(C(F)(F)F)cc2)[Si](C)(C)c2ccccc2)cc1. The summed E-state index contributed by atoms with van der Waals surface area (Å²) in [6, 6.07) is 20.7. The van der Waals surface area contributed by atoms with E-state index in [2.05, 4.69) is 4.72 Å². The largest absolute Gasteiger partial charge is 0.416 e. The van der Waals surface area contributed by atoms with Gasteiger partial charge in [0.15, 0.2) is 0 Å². The minimum Gasteiger partial charge on any atom is -0.207 e. The summed E-state index contributed by atoms with van der Waals surface area (Å²) in [6.07, 6.45) is -4.46. The van der Waals surface area contributed by atoms with Crippen molar-refractivity contribution >= 4 is 23.3 Å². The molecule has 3 rings (SSSR count). The lowest BCUT2D eigenvalue weighted by Gasteiger charge is -2.34. The molecule has 1 N–H and O–H groups in total. The van der Waals surface area contributed by atoms with Crippen molar-refractivity contribution in [1.29, 1.82) is 0 Å². The van der Waals surface area contributed by atoms with Gasteiger partial charge in [-0.05, 0) is 36.8 Å². The molecule has 0 bridgehead atoms. The van der Waals surface area contributed by atoms with Crippen LogP contribution in [-0.4, -0.2) is 16.5 Å². The zero-order chi connectivity index (χ0) is 22.9. The molecule has 0 fully saturated rings. The number of halogens is 3. The quantitative estimate of drug-likeness (QED) is 0.512. The molecule has 0 spiro atoms. The van der Waals surface area contributed by atoms with Gasteiger partial charge in [-0.15, -0.1) is 0 Å². The van der Waals surface area contributed by atoms with E-state index >= 15 is 0 Å². The summed E-state index contributed by atoms with van der Waals surface area (Å²) in [5, 5.41) is 0.992. The number of hydrogen-bond donors (Lipinski definition) is 1. The summed E-state index contributed by atoms with van der Waals surface area (Å²) in [5.74, 6) is 0. The molecule has 0 aromatic heterocycles. The van der Waals surface area contributed by atoms with Gasteiger partial charge in [-0.1, -0.05) is 78.4 Å². The molecule has 3 nitrogen and oxygen atoms in total. The van der Waals surface area contributed by atoms with Gasteiger partial charge in [-0.2, -0.15) is 13.2 Å². The Bertz CT molecular complexity index is 1130. The Hall–Kier alpha value is -2.42. The topological polar surface area (TPSA) is 46.2 Å². The van der Waals surface area contributed by atoms with Crippen molar-refractivity contribution in [2.24, 2.45) is 0 Å². The Morgan fingerprint density at radius 1 is 0.839 bits per heavy atom. The first-order valence-electron chi connectivity index (χ1n) is 9.73. The van der Waals surface area contributed by atoms with Crippen molar-refractivity contribution in [2.45, 2.75) is 36.8 Å². The van der Waals surface area contributed by atoms with Gasteiger partial charge in [0.1, 0.15) is 8.07 Å². The summed E-state index contributed by atoms with van der Waals surface area (Å²) in [6.45, 7) is 5.87. The van der Waals surface area contributed by atoms with Crippen LogP contribution in [0.25, 0.3) is 0 Å². The summed E-state index contributed by atoms with van der Waals surface area (Å²) in [5.41, 5.74) is 0.000462. The number of aryl methyl sites for hydroxylation is 1. The Balaban J connectivity index is 2.07. The van der Waals surface area contributed by atoms with Crippen LogP contribution in [0.3, 0.4) is 0 Å². The molecule has 8 heteroatoms. The first-order chi connectivity index (χ1) is 14.4. The maximum atomic E-state index is 13.2. The van der Waals surface area contributed by atoms with E-state index in [1.165, 1.54) is 24.3 Å². The predicted octanol–water partition coefficient (Wildman–Crippen LogP) is 5.19. The first-order valence-corrected chi connectivity index (χ1v) is 14.3. The fourth-order valence-corrected chi connectivity index (χ4v) is 8.60. The van der Waals surface area contributed by atoms with Gasteiger partial charge >= 0.3 is 6.18 Å². The van der Waals surface area contributed by atoms with Crippen molar-refractivity contribution < 1.29 is 21.6 Å². The first kappa shape index (κ1) is 23.2. The van der Waals surface area contributed by atoms with E-state index in [0.29, 0.717) is 5.56 Å². The third-order valence-corrected chi connectivity index (χ3v) is 10.8. The van der Waals surface area contributed by atoms with E-state index in [1.807, 2.05) is 50.3 Å². The molecule has 164 valence electrons. The lowest BCUT2D eigenvalue weighted by Crippen LogP contribution is -2.54. The third-order valence-electron chi connectivity index (χ3n) is 5.42. The second kappa shape index (κ2) is 8.61. The highest BCUT2D eigenvalue weighted by Gasteiger charge is 2.38. The second-order valence-electron chi connectivity index (χ2n) is 8.07. The molecule has 0 aliphatic heterocycles. The van der Waals surface area contributed by atoms with Crippen LogP contribution in [0.4, 0.5) is 13.2 Å². The molecule has 3 aromatic carbocycles. The maximum Gasteiger partial charge on any atom is 0.416 e. The van der Waals surface area contributed by atoms with Gasteiger partial charge in [0.2, 0.25) is 10.0 Å². The average Bonchev–Trinajstić information content (AvgIpc) is 2.72. The maximum absolute atomic E-state index is 13.2. The number of hydrogen-bond acceptors (Lipinski definition) is 2. The Morgan fingerprint density at radius 2 is 1.39 bits per heavy atom. The third kappa shape index (κ3) is 5.26. The van der Waals surface area contributed by atoms with E-state index in [-0.39, 0.29) is 4.90 Å². The van der Waals surface area contributed by atoms with Crippen LogP contribution in [0.2, 0.25) is 13.1 Å². The van der Waals surface area contributed by atoms with Gasteiger partial charge in [-0.3, -0.25) is 0 Å². The van der Waals surface area contributed by atoms with Gasteiger partial charge in [-0.25, -0.2) is 13.1 Å². The van der Waals surface area contributed by atoms with E-state index in [0.717, 1.165) is 22.9 Å². The van der Waals surface area contributed by atoms with Crippen molar-refractivity contribution in [3.05, 3.63) is 95.6 Å². The molecule has 0 aliphatic carbocycles. The smallest absolute Gasteiger partial charge is 0.207 e. The Labute approximate surface area is 182 Å². The number of sulfonamides is 1. The summed E-state index contributed by atoms with van der Waals surface area (Å²) in [4.78, 5) is 0.118. The lowest BCUT2D eigenvalue weighted by atomic mass is 10.1. The van der Waals surface area contributed by atoms with Gasteiger partial charge in [0.25, 0.3) is 0 Å². The van der Waals surface area contributed by atoms with Crippen molar-refractivity contribution in [3.8, 4) is 0 Å². The number of rotatable bonds is 6. The van der Waals surface area contributed by atoms with Gasteiger partial charge < -0.3 is 0 Å². The number of nitrogens with one attached hydrogen (secondary N) is 1. The van der Waals surface area contributed by atoms with Crippen LogP contribution in [0.1, 0.15) is 22.4 Å². The van der Waals surface area contributed by atoms with Crippen molar-refractivity contribution in [2.75, 3.05) is 0 Å². The van der Waals surface area contributed by atoms with Crippen LogP contribution < -0.4 is 9.91 Å². The molecule has 31 heavy (non-hydrogen) atoms. The zero-order valence-corrected chi connectivity index (χ0v) is 19.3. The highest BCUT2D eigenvalue weighted by atomic mass is 32.2. The minimum absolute atomic E-state index is 0.118. The van der Waals surface area contributed by atoms with E-state index < -0.39 is 35.5 Å². The molecular formula is C23H24F3NO2SSi. The normalized spacial score (nSPS) is 13.7. The van der Waals surface area contributed by atoms with Crippen LogP contribution in [0.15, 0.2) is 83.8 Å². The van der Waals surface area contributed by atoms with Crippen LogP contribution in [-0.2, 0) is 16.2 Å². The summed E-state index contributed by atoms with van der Waals surface area (Å²) < 4.78 is 68.2. The second-order valence-corrected chi connectivity index (χ2v) is 14.4. The zero-order valence-electron chi connectivity index (χ0n) is 17.4. The summed E-state index contributed by atoms with van der Waals surface area (Å²) >= 11 is 0. The Kier molecular flexibility index (Phi) is 6.45. The minimum atomic E-state index is -4.46. The fraction of sp³-hybridized carbons (Fsp3) is 0.217. The molecule has 0 aliphatic rings. The monoisotopic (exact) mass is 463 g/mol. The van der Waals surface area contributed by atoms with E-state index in [4.69, 9.17) is 0 Å². The van der Waals surface area contributed by atoms with Crippen LogP contribution in [0, 0.1) is 6.92 Å². The molecule has 0 radical (unpaired) electrons.